The molecule has 0 spiro atoms. The predicted octanol–water partition coefficient (Wildman–Crippen LogP) is 0.892. The van der Waals surface area contributed by atoms with E-state index in [1.54, 1.807) is 10.9 Å². The van der Waals surface area contributed by atoms with Gasteiger partial charge in [0.2, 0.25) is 0 Å². The second-order valence-electron chi connectivity index (χ2n) is 4.33. The Morgan fingerprint density at radius 1 is 1.30 bits per heavy atom. The number of nitrogen functional groups attached to an aromatic ring is 1. The van der Waals surface area contributed by atoms with Crippen LogP contribution in [0.2, 0.25) is 0 Å². The Hall–Kier alpha value is -2.03. The first-order chi connectivity index (χ1) is 9.46. The van der Waals surface area contributed by atoms with E-state index in [0.717, 1.165) is 6.42 Å². The molecule has 0 aliphatic carbocycles. The lowest BCUT2D eigenvalue weighted by atomic mass is 10.5. The second-order valence-corrected chi connectivity index (χ2v) is 5.98. The molecule has 0 atom stereocenters. The molecule has 0 aromatic carbocycles. The van der Waals surface area contributed by atoms with E-state index in [-0.39, 0.29) is 10.7 Å². The van der Waals surface area contributed by atoms with Gasteiger partial charge in [-0.25, -0.2) is 8.42 Å². The highest BCUT2D eigenvalue weighted by Crippen LogP contribution is 2.20. The average molecular weight is 298 g/mol. The van der Waals surface area contributed by atoms with Crippen LogP contribution in [-0.4, -0.2) is 28.0 Å². The van der Waals surface area contributed by atoms with Crippen LogP contribution in [0, 0.1) is 0 Å². The third-order valence-electron chi connectivity index (χ3n) is 2.71. The number of nitrogens with two attached hydrogens (primary N) is 1. The number of anilines is 2. The fourth-order valence-corrected chi connectivity index (χ4v) is 2.87. The molecule has 0 saturated carbocycles. The van der Waals surface area contributed by atoms with Gasteiger partial charge in [-0.3, -0.25) is 14.1 Å². The number of nitrogens with one attached hydrogen (secondary N) is 1. The highest BCUT2D eigenvalue weighted by molar-refractivity contribution is 7.92. The number of hydrogen-bond donors (Lipinski definition) is 2. The smallest absolute Gasteiger partial charge is 0.267 e. The van der Waals surface area contributed by atoms with Crippen LogP contribution in [0.5, 0.6) is 0 Å². The lowest BCUT2D eigenvalue weighted by molar-refractivity contribution is 0.595. The molecule has 0 radical (unpaired) electrons. The topological polar surface area (TPSA) is 108 Å². The Morgan fingerprint density at radius 2 is 2.05 bits per heavy atom. The van der Waals surface area contributed by atoms with Crippen LogP contribution < -0.4 is 10.5 Å². The van der Waals surface area contributed by atoms with Crippen LogP contribution in [0.1, 0.15) is 20.3 Å². The lowest BCUT2D eigenvalue weighted by Crippen LogP contribution is -2.13. The standard InChI is InChI=1S/C11H18N6O2S/c1-3-5-17-8-10(11(12)14-17)20(18,19)15-9-6-13-16(4-2)7-9/h6-8,15H,3-5H2,1-2H3,(H2,12,14). The van der Waals surface area contributed by atoms with Crippen molar-refractivity contribution in [2.24, 2.45) is 0 Å². The summed E-state index contributed by atoms with van der Waals surface area (Å²) in [5, 5.41) is 7.99. The molecule has 0 saturated heterocycles. The van der Waals surface area contributed by atoms with Crippen molar-refractivity contribution in [1.29, 1.82) is 0 Å². The molecule has 0 fully saturated rings. The van der Waals surface area contributed by atoms with E-state index in [1.165, 1.54) is 17.1 Å². The van der Waals surface area contributed by atoms with Crippen LogP contribution in [0.25, 0.3) is 0 Å². The Morgan fingerprint density at radius 3 is 2.65 bits per heavy atom. The van der Waals surface area contributed by atoms with Crippen LogP contribution in [0.4, 0.5) is 11.5 Å². The molecule has 2 heterocycles. The maximum Gasteiger partial charge on any atom is 0.267 e. The molecule has 8 nitrogen and oxygen atoms in total. The number of rotatable bonds is 6. The molecule has 3 N–H and O–H groups in total. The van der Waals surface area contributed by atoms with E-state index in [0.29, 0.717) is 18.8 Å². The quantitative estimate of drug-likeness (QED) is 0.823. The summed E-state index contributed by atoms with van der Waals surface area (Å²) in [6, 6.07) is 0. The SMILES string of the molecule is CCCn1cc(S(=O)(=O)Nc2cnn(CC)c2)c(N)n1. The molecule has 0 amide bonds. The highest BCUT2D eigenvalue weighted by atomic mass is 32.2. The minimum Gasteiger partial charge on any atom is -0.381 e. The van der Waals surface area contributed by atoms with Gasteiger partial charge in [-0.1, -0.05) is 6.92 Å². The van der Waals surface area contributed by atoms with Crippen LogP contribution >= 0.6 is 0 Å². The summed E-state index contributed by atoms with van der Waals surface area (Å²) in [6.45, 7) is 5.17. The number of nitrogens with zero attached hydrogens (tertiary/aromatic N) is 4. The number of hydrogen-bond acceptors (Lipinski definition) is 5. The maximum absolute atomic E-state index is 12.3. The van der Waals surface area contributed by atoms with Crippen molar-refractivity contribution in [2.75, 3.05) is 10.5 Å². The van der Waals surface area contributed by atoms with E-state index in [4.69, 9.17) is 5.73 Å². The van der Waals surface area contributed by atoms with Gasteiger partial charge in [0.15, 0.2) is 5.82 Å². The van der Waals surface area contributed by atoms with Crippen molar-refractivity contribution in [2.45, 2.75) is 38.3 Å². The van der Waals surface area contributed by atoms with Gasteiger partial charge in [-0.15, -0.1) is 0 Å². The monoisotopic (exact) mass is 298 g/mol. The van der Waals surface area contributed by atoms with Crippen molar-refractivity contribution in [3.05, 3.63) is 18.6 Å². The number of sulfonamides is 1. The van der Waals surface area contributed by atoms with E-state index in [1.807, 2.05) is 13.8 Å². The average Bonchev–Trinajstić information content (AvgIpc) is 2.96. The summed E-state index contributed by atoms with van der Waals surface area (Å²) < 4.78 is 30.1. The van der Waals surface area contributed by atoms with Crippen molar-refractivity contribution in [3.63, 3.8) is 0 Å². The second kappa shape index (κ2) is 5.53. The fourth-order valence-electron chi connectivity index (χ4n) is 1.77. The maximum atomic E-state index is 12.3. The number of aromatic nitrogens is 4. The zero-order chi connectivity index (χ0) is 14.8. The highest BCUT2D eigenvalue weighted by Gasteiger charge is 2.21. The predicted molar refractivity (Wildman–Crippen MR) is 75.6 cm³/mol. The lowest BCUT2D eigenvalue weighted by Gasteiger charge is -2.03. The first kappa shape index (κ1) is 14.4. The molecule has 0 aliphatic heterocycles. The third-order valence-corrected chi connectivity index (χ3v) is 4.10. The van der Waals surface area contributed by atoms with Crippen molar-refractivity contribution in [1.82, 2.24) is 19.6 Å². The molecule has 110 valence electrons. The molecular weight excluding hydrogens is 280 g/mol. The molecular formula is C11H18N6O2S. The van der Waals surface area contributed by atoms with E-state index in [9.17, 15) is 8.42 Å². The summed E-state index contributed by atoms with van der Waals surface area (Å²) in [6.07, 6.45) is 5.35. The molecule has 0 aliphatic rings. The Balaban J connectivity index is 2.25. The van der Waals surface area contributed by atoms with E-state index >= 15 is 0 Å². The van der Waals surface area contributed by atoms with Crippen molar-refractivity contribution >= 4 is 21.5 Å². The zero-order valence-corrected chi connectivity index (χ0v) is 12.3. The van der Waals surface area contributed by atoms with Gasteiger partial charge < -0.3 is 5.73 Å². The molecule has 20 heavy (non-hydrogen) atoms. The molecule has 2 aromatic rings. The van der Waals surface area contributed by atoms with Crippen LogP contribution in [0.15, 0.2) is 23.5 Å². The van der Waals surface area contributed by atoms with Crippen LogP contribution in [0.3, 0.4) is 0 Å². The Kier molecular flexibility index (Phi) is 3.98. The normalized spacial score (nSPS) is 11.7. The van der Waals surface area contributed by atoms with Gasteiger partial charge in [0, 0.05) is 25.5 Å². The van der Waals surface area contributed by atoms with Crippen molar-refractivity contribution < 1.29 is 8.42 Å². The number of aryl methyl sites for hydroxylation is 2. The molecule has 0 bridgehead atoms. The Labute approximate surface area is 117 Å². The van der Waals surface area contributed by atoms with Crippen molar-refractivity contribution in [3.8, 4) is 0 Å². The summed E-state index contributed by atoms with van der Waals surface area (Å²) >= 11 is 0. The molecule has 2 aromatic heterocycles. The minimum atomic E-state index is -3.75. The van der Waals surface area contributed by atoms with Gasteiger partial charge in [-0.05, 0) is 13.3 Å². The van der Waals surface area contributed by atoms with Gasteiger partial charge >= 0.3 is 0 Å². The van der Waals surface area contributed by atoms with Gasteiger partial charge in [0.25, 0.3) is 10.0 Å². The van der Waals surface area contributed by atoms with Crippen LogP contribution in [-0.2, 0) is 23.1 Å². The molecule has 0 unspecified atom stereocenters. The summed E-state index contributed by atoms with van der Waals surface area (Å²) in [5.74, 6) is -0.00571. The summed E-state index contributed by atoms with van der Waals surface area (Å²) in [5.41, 5.74) is 6.07. The Bertz CT molecular complexity index is 688. The van der Waals surface area contributed by atoms with Gasteiger partial charge in [0.05, 0.1) is 11.9 Å². The summed E-state index contributed by atoms with van der Waals surface area (Å²) in [4.78, 5) is -0.0183. The van der Waals surface area contributed by atoms with Gasteiger partial charge in [-0.2, -0.15) is 10.2 Å². The molecule has 2 rings (SSSR count). The van der Waals surface area contributed by atoms with E-state index < -0.39 is 10.0 Å². The van der Waals surface area contributed by atoms with E-state index in [2.05, 4.69) is 14.9 Å². The van der Waals surface area contributed by atoms with Gasteiger partial charge in [0.1, 0.15) is 4.90 Å². The summed E-state index contributed by atoms with van der Waals surface area (Å²) in [7, 11) is -3.75. The first-order valence-electron chi connectivity index (χ1n) is 6.34. The first-order valence-corrected chi connectivity index (χ1v) is 7.82. The zero-order valence-electron chi connectivity index (χ0n) is 11.4. The third kappa shape index (κ3) is 2.93. The fraction of sp³-hybridized carbons (Fsp3) is 0.455. The largest absolute Gasteiger partial charge is 0.381 e. The minimum absolute atomic E-state index is 0.00571. The molecule has 9 heteroatoms.